The number of methoxy groups -OCH3 is 1. The van der Waals surface area contributed by atoms with Crippen LogP contribution in [-0.4, -0.2) is 42.3 Å². The van der Waals surface area contributed by atoms with Gasteiger partial charge in [0.2, 0.25) is 11.8 Å². The molecule has 1 aromatic carbocycles. The van der Waals surface area contributed by atoms with E-state index in [2.05, 4.69) is 16.9 Å². The lowest BCUT2D eigenvalue weighted by atomic mass is 9.63. The van der Waals surface area contributed by atoms with Gasteiger partial charge in [0.15, 0.2) is 0 Å². The molecular weight excluding hydrogens is 362 g/mol. The number of hydrogen-bond donors (Lipinski definition) is 0. The highest BCUT2D eigenvalue weighted by molar-refractivity contribution is 6.08. The van der Waals surface area contributed by atoms with E-state index in [0.717, 1.165) is 11.3 Å². The van der Waals surface area contributed by atoms with Crippen LogP contribution in [0.25, 0.3) is 0 Å². The maximum atomic E-state index is 12.9. The van der Waals surface area contributed by atoms with Crippen LogP contribution >= 0.6 is 0 Å². The highest BCUT2D eigenvalue weighted by Crippen LogP contribution is 2.65. The molecule has 0 spiro atoms. The van der Waals surface area contributed by atoms with Crippen molar-refractivity contribution >= 4 is 23.8 Å². The molecule has 1 heterocycles. The molecule has 6 atom stereocenters. The normalized spacial score (nSPS) is 34.1. The average Bonchev–Trinajstić information content (AvgIpc) is 3.49. The fraction of sp³-hybridized carbons (Fsp3) is 0.429. The Kier molecular flexibility index (Phi) is 3.69. The number of ether oxygens (including phenoxy) is 2. The van der Waals surface area contributed by atoms with Crippen molar-refractivity contribution in [3.8, 4) is 5.75 Å². The minimum atomic E-state index is -0.684. The van der Waals surface area contributed by atoms with Gasteiger partial charge in [0.1, 0.15) is 12.3 Å². The minimum Gasteiger partial charge on any atom is -0.465 e. The Balaban J connectivity index is 1.27. The molecule has 0 aromatic heterocycles. The van der Waals surface area contributed by atoms with E-state index in [1.54, 1.807) is 0 Å². The number of imide groups is 1. The third-order valence-corrected chi connectivity index (χ3v) is 6.55. The Morgan fingerprint density at radius 2 is 1.57 bits per heavy atom. The molecule has 28 heavy (non-hydrogen) atoms. The SMILES string of the molecule is COC(=O)c1ccc(OC(=O)CN2C(=O)[C@@H]3[C@H]4C=C[C@@H]([C@@H]5C[C@H]45)[C@H]3C2=O)cc1. The number of likely N-dealkylation sites (tertiary alicyclic amines) is 1. The van der Waals surface area contributed by atoms with E-state index in [1.807, 2.05) is 0 Å². The molecule has 7 heteroatoms. The van der Waals surface area contributed by atoms with E-state index < -0.39 is 18.5 Å². The first-order valence-corrected chi connectivity index (χ1v) is 9.42. The number of hydrogen-bond acceptors (Lipinski definition) is 6. The van der Waals surface area contributed by atoms with E-state index in [9.17, 15) is 19.2 Å². The number of rotatable bonds is 4. The predicted octanol–water partition coefficient (Wildman–Crippen LogP) is 1.43. The summed E-state index contributed by atoms with van der Waals surface area (Å²) in [5.74, 6) is -0.788. The van der Waals surface area contributed by atoms with Gasteiger partial charge in [-0.3, -0.25) is 14.5 Å². The van der Waals surface area contributed by atoms with Crippen LogP contribution in [0.4, 0.5) is 0 Å². The molecule has 4 aliphatic carbocycles. The van der Waals surface area contributed by atoms with Crippen LogP contribution in [0, 0.1) is 35.5 Å². The van der Waals surface area contributed by atoms with Gasteiger partial charge in [-0.15, -0.1) is 0 Å². The molecule has 0 N–H and O–H groups in total. The van der Waals surface area contributed by atoms with Crippen molar-refractivity contribution in [2.75, 3.05) is 13.7 Å². The summed E-state index contributed by atoms with van der Waals surface area (Å²) in [7, 11) is 1.28. The molecule has 0 unspecified atom stereocenters. The molecule has 1 saturated heterocycles. The van der Waals surface area contributed by atoms with Gasteiger partial charge in [-0.2, -0.15) is 0 Å². The van der Waals surface area contributed by atoms with Gasteiger partial charge in [0, 0.05) is 0 Å². The van der Waals surface area contributed by atoms with Crippen LogP contribution in [0.15, 0.2) is 36.4 Å². The van der Waals surface area contributed by atoms with E-state index in [4.69, 9.17) is 4.74 Å². The van der Waals surface area contributed by atoms with Gasteiger partial charge in [0.05, 0.1) is 24.5 Å². The summed E-state index contributed by atoms with van der Waals surface area (Å²) in [6.45, 7) is -0.391. The van der Waals surface area contributed by atoms with Crippen LogP contribution in [0.3, 0.4) is 0 Å². The van der Waals surface area contributed by atoms with Crippen molar-refractivity contribution in [2.45, 2.75) is 6.42 Å². The number of carbonyl (C=O) groups excluding carboxylic acids is 4. The third kappa shape index (κ3) is 2.42. The second kappa shape index (κ2) is 6.02. The van der Waals surface area contributed by atoms with Gasteiger partial charge < -0.3 is 9.47 Å². The average molecular weight is 381 g/mol. The molecular formula is C21H19NO6. The number of amides is 2. The summed E-state index contributed by atoms with van der Waals surface area (Å²) >= 11 is 0. The summed E-state index contributed by atoms with van der Waals surface area (Å²) in [5.41, 5.74) is 0.331. The lowest BCUT2D eigenvalue weighted by Gasteiger charge is -2.37. The van der Waals surface area contributed by atoms with Gasteiger partial charge in [-0.25, -0.2) is 9.59 Å². The zero-order valence-electron chi connectivity index (χ0n) is 15.2. The summed E-state index contributed by atoms with van der Waals surface area (Å²) in [6, 6.07) is 5.89. The van der Waals surface area contributed by atoms with Gasteiger partial charge in [-0.1, -0.05) is 12.2 Å². The van der Waals surface area contributed by atoms with E-state index in [1.165, 1.54) is 31.4 Å². The summed E-state index contributed by atoms with van der Waals surface area (Å²) in [5, 5.41) is 0. The number of nitrogens with zero attached hydrogens (tertiary/aromatic N) is 1. The maximum Gasteiger partial charge on any atom is 0.337 e. The Morgan fingerprint density at radius 1 is 1.00 bits per heavy atom. The molecule has 0 radical (unpaired) electrons. The molecule has 1 aliphatic heterocycles. The highest BCUT2D eigenvalue weighted by Gasteiger charge is 2.67. The molecule has 2 amide bonds. The topological polar surface area (TPSA) is 90.0 Å². The van der Waals surface area contributed by atoms with Crippen molar-refractivity contribution in [3.63, 3.8) is 0 Å². The quantitative estimate of drug-likeness (QED) is 0.339. The van der Waals surface area contributed by atoms with E-state index in [-0.39, 0.29) is 41.2 Å². The second-order valence-electron chi connectivity index (χ2n) is 7.91. The first-order chi connectivity index (χ1) is 13.5. The maximum absolute atomic E-state index is 12.9. The Bertz CT molecular complexity index is 883. The van der Waals surface area contributed by atoms with Crippen LogP contribution in [-0.2, 0) is 19.1 Å². The molecule has 1 aromatic rings. The van der Waals surface area contributed by atoms with Crippen molar-refractivity contribution in [3.05, 3.63) is 42.0 Å². The first kappa shape index (κ1) is 17.2. The summed E-state index contributed by atoms with van der Waals surface area (Å²) in [4.78, 5) is 50.5. The Morgan fingerprint density at radius 3 is 2.11 bits per heavy atom. The Hall–Kier alpha value is -2.96. The third-order valence-electron chi connectivity index (χ3n) is 6.55. The van der Waals surface area contributed by atoms with Crippen molar-refractivity contribution < 1.29 is 28.7 Å². The van der Waals surface area contributed by atoms with Crippen molar-refractivity contribution in [1.29, 1.82) is 0 Å². The van der Waals surface area contributed by atoms with E-state index in [0.29, 0.717) is 17.4 Å². The highest BCUT2D eigenvalue weighted by atomic mass is 16.5. The Labute approximate surface area is 161 Å². The second-order valence-corrected chi connectivity index (χ2v) is 7.91. The predicted molar refractivity (Wildman–Crippen MR) is 94.8 cm³/mol. The molecule has 6 rings (SSSR count). The number of benzene rings is 1. The largest absolute Gasteiger partial charge is 0.465 e. The smallest absolute Gasteiger partial charge is 0.337 e. The minimum absolute atomic E-state index is 0.128. The van der Waals surface area contributed by atoms with Crippen LogP contribution in [0.1, 0.15) is 16.8 Å². The molecule has 144 valence electrons. The number of allylic oxidation sites excluding steroid dienone is 2. The van der Waals surface area contributed by atoms with E-state index >= 15 is 0 Å². The van der Waals surface area contributed by atoms with Crippen molar-refractivity contribution in [1.82, 2.24) is 4.90 Å². The molecule has 2 bridgehead atoms. The molecule has 7 nitrogen and oxygen atoms in total. The summed E-state index contributed by atoms with van der Waals surface area (Å²) < 4.78 is 9.86. The molecule has 3 fully saturated rings. The first-order valence-electron chi connectivity index (χ1n) is 9.42. The van der Waals surface area contributed by atoms with Gasteiger partial charge in [-0.05, 0) is 54.4 Å². The standard InChI is InChI=1S/C21H19NO6/c1-27-21(26)10-2-4-11(5-3-10)28-16(23)9-22-19(24)17-12-6-7-13(15-8-14(12)15)18(17)20(22)25/h2-7,12-15,17-18H,8-9H2,1H3/t12-,13-,14-,15+,17+,18+/m0/s1. The fourth-order valence-electron chi connectivity index (χ4n) is 5.24. The van der Waals surface area contributed by atoms with Crippen LogP contribution in [0.2, 0.25) is 0 Å². The summed E-state index contributed by atoms with van der Waals surface area (Å²) in [6.07, 6.45) is 5.28. The van der Waals surface area contributed by atoms with Gasteiger partial charge >= 0.3 is 11.9 Å². The molecule has 5 aliphatic rings. The number of esters is 2. The lowest BCUT2D eigenvalue weighted by molar-refractivity contribution is -0.148. The number of carbonyl (C=O) groups is 4. The van der Waals surface area contributed by atoms with Crippen LogP contribution in [0.5, 0.6) is 5.75 Å². The monoisotopic (exact) mass is 381 g/mol. The van der Waals surface area contributed by atoms with Crippen molar-refractivity contribution in [2.24, 2.45) is 35.5 Å². The molecule has 2 saturated carbocycles. The lowest BCUT2D eigenvalue weighted by Crippen LogP contribution is -2.40. The van der Waals surface area contributed by atoms with Crippen LogP contribution < -0.4 is 4.74 Å². The zero-order valence-corrected chi connectivity index (χ0v) is 15.2. The zero-order chi connectivity index (χ0) is 19.6. The fourth-order valence-corrected chi connectivity index (χ4v) is 5.24. The van der Waals surface area contributed by atoms with Gasteiger partial charge in [0.25, 0.3) is 0 Å².